The quantitative estimate of drug-likeness (QED) is 0.119. The van der Waals surface area contributed by atoms with Crippen LogP contribution in [0, 0.1) is 38.7 Å². The second-order valence-corrected chi connectivity index (χ2v) is 15.3. The molecule has 0 saturated heterocycles. The van der Waals surface area contributed by atoms with Crippen LogP contribution in [0.2, 0.25) is 0 Å². The van der Waals surface area contributed by atoms with Crippen LogP contribution in [0.15, 0.2) is 85.1 Å². The normalized spacial score (nSPS) is 15.5. The van der Waals surface area contributed by atoms with Gasteiger partial charge in [0.05, 0.1) is 11.4 Å². The zero-order valence-electron chi connectivity index (χ0n) is 31.2. The molecule has 2 saturated carbocycles. The number of halogens is 1. The summed E-state index contributed by atoms with van der Waals surface area (Å²) in [5.74, 6) is 2.20. The van der Waals surface area contributed by atoms with Crippen LogP contribution in [0.5, 0.6) is 11.5 Å². The van der Waals surface area contributed by atoms with Crippen molar-refractivity contribution >= 4 is 21.8 Å². The number of aromatic nitrogens is 4. The van der Waals surface area contributed by atoms with Gasteiger partial charge in [-0.1, -0.05) is 87.4 Å². The Labute approximate surface area is 331 Å². The largest absolute Gasteiger partial charge is 2.00 e. The van der Waals surface area contributed by atoms with Gasteiger partial charge in [0.2, 0.25) is 0 Å². The van der Waals surface area contributed by atoms with Gasteiger partial charge in [0, 0.05) is 46.7 Å². The van der Waals surface area contributed by atoms with Crippen LogP contribution in [0.4, 0.5) is 4.39 Å². The molecule has 0 spiro atoms. The van der Waals surface area contributed by atoms with E-state index in [0.717, 1.165) is 33.1 Å². The summed E-state index contributed by atoms with van der Waals surface area (Å²) in [6.07, 6.45) is 13.8. The third-order valence-electron chi connectivity index (χ3n) is 11.6. The standard InChI is InChI=1S/C47H45FN4O.Pd/c1-30-25-36(28-38(26-30)53-37-21-22-40-39-19-10-11-20-41(39)51(42(40)29-37)43-27-35(48)23-24-49-43)52-47(34-17-8-5-9-18-34)45(44-31(2)13-12-14-32(44)3)46(50-52)33-15-6-4-7-16-33;/h10-14,19-27,33-34H,4-9,15-18H2,1-3H3;/q-2;+2. The van der Waals surface area contributed by atoms with Gasteiger partial charge in [-0.05, 0) is 79.4 Å². The molecule has 0 atom stereocenters. The van der Waals surface area contributed by atoms with E-state index in [1.54, 1.807) is 0 Å². The van der Waals surface area contributed by atoms with Gasteiger partial charge in [-0.25, -0.2) is 9.37 Å². The summed E-state index contributed by atoms with van der Waals surface area (Å²) >= 11 is 0. The fourth-order valence-electron chi connectivity index (χ4n) is 9.15. The fraction of sp³-hybridized carbons (Fsp3) is 0.319. The van der Waals surface area contributed by atoms with Crippen molar-refractivity contribution in [3.05, 3.63) is 131 Å². The van der Waals surface area contributed by atoms with Crippen LogP contribution in [-0.4, -0.2) is 19.3 Å². The number of rotatable bonds is 7. The molecule has 5 nitrogen and oxygen atoms in total. The Hall–Kier alpha value is -4.57. The molecule has 9 rings (SSSR count). The van der Waals surface area contributed by atoms with Crippen LogP contribution in [0.3, 0.4) is 0 Å². The zero-order chi connectivity index (χ0) is 36.1. The Bertz CT molecular complexity index is 2450. The van der Waals surface area contributed by atoms with Crippen LogP contribution < -0.4 is 4.74 Å². The van der Waals surface area contributed by atoms with E-state index in [2.05, 4.69) is 79.0 Å². The first-order valence-corrected chi connectivity index (χ1v) is 19.4. The molecule has 4 aromatic carbocycles. The van der Waals surface area contributed by atoms with Crippen LogP contribution >= 0.6 is 0 Å². The Morgan fingerprint density at radius 3 is 2.17 bits per heavy atom. The Morgan fingerprint density at radius 1 is 0.704 bits per heavy atom. The van der Waals surface area contributed by atoms with Crippen molar-refractivity contribution in [2.24, 2.45) is 0 Å². The minimum absolute atomic E-state index is 0. The molecule has 2 fully saturated rings. The van der Waals surface area contributed by atoms with Crippen molar-refractivity contribution < 1.29 is 29.6 Å². The predicted molar refractivity (Wildman–Crippen MR) is 211 cm³/mol. The molecule has 2 aliphatic rings. The van der Waals surface area contributed by atoms with Gasteiger partial charge in [-0.15, -0.1) is 35.7 Å². The summed E-state index contributed by atoms with van der Waals surface area (Å²) in [5.41, 5.74) is 11.6. The van der Waals surface area contributed by atoms with Crippen LogP contribution in [0.25, 0.3) is 44.4 Å². The van der Waals surface area contributed by atoms with Gasteiger partial charge in [0.15, 0.2) is 0 Å². The van der Waals surface area contributed by atoms with Crippen molar-refractivity contribution in [2.75, 3.05) is 0 Å². The maximum Gasteiger partial charge on any atom is 2.00 e. The minimum atomic E-state index is -0.339. The summed E-state index contributed by atoms with van der Waals surface area (Å²) in [6.45, 7) is 6.64. The van der Waals surface area contributed by atoms with Crippen molar-refractivity contribution in [2.45, 2.75) is 96.8 Å². The maximum absolute atomic E-state index is 14.5. The summed E-state index contributed by atoms with van der Waals surface area (Å²) in [6, 6.07) is 33.1. The molecular weight excluding hydrogens is 762 g/mol. The van der Waals surface area contributed by atoms with Gasteiger partial charge in [-0.3, -0.25) is 4.68 Å². The van der Waals surface area contributed by atoms with Crippen molar-refractivity contribution in [3.8, 4) is 34.1 Å². The van der Waals surface area contributed by atoms with Gasteiger partial charge >= 0.3 is 20.4 Å². The average Bonchev–Trinajstić information content (AvgIpc) is 3.72. The molecule has 276 valence electrons. The topological polar surface area (TPSA) is 44.9 Å². The molecule has 3 aromatic heterocycles. The summed E-state index contributed by atoms with van der Waals surface area (Å²) in [5, 5.41) is 7.67. The van der Waals surface area contributed by atoms with E-state index in [1.165, 1.54) is 116 Å². The number of benzene rings is 4. The molecule has 0 bridgehead atoms. The number of fused-ring (bicyclic) bond motifs is 3. The molecule has 0 N–H and O–H groups in total. The summed E-state index contributed by atoms with van der Waals surface area (Å²) in [7, 11) is 0. The fourth-order valence-corrected chi connectivity index (χ4v) is 9.15. The first-order valence-electron chi connectivity index (χ1n) is 19.4. The molecular formula is C47H45FN4OPd. The van der Waals surface area contributed by atoms with E-state index in [0.29, 0.717) is 29.2 Å². The van der Waals surface area contributed by atoms with E-state index in [-0.39, 0.29) is 26.2 Å². The van der Waals surface area contributed by atoms with E-state index < -0.39 is 0 Å². The van der Waals surface area contributed by atoms with Gasteiger partial charge in [0.25, 0.3) is 0 Å². The Morgan fingerprint density at radius 2 is 1.43 bits per heavy atom. The van der Waals surface area contributed by atoms with Crippen molar-refractivity contribution in [1.29, 1.82) is 0 Å². The van der Waals surface area contributed by atoms with Crippen LogP contribution in [-0.2, 0) is 20.4 Å². The Kier molecular flexibility index (Phi) is 10.3. The Balaban J connectivity index is 0.00000413. The zero-order valence-corrected chi connectivity index (χ0v) is 32.8. The monoisotopic (exact) mass is 806 g/mol. The summed E-state index contributed by atoms with van der Waals surface area (Å²) in [4.78, 5) is 4.52. The van der Waals surface area contributed by atoms with E-state index in [4.69, 9.17) is 9.84 Å². The molecule has 54 heavy (non-hydrogen) atoms. The number of hydrogen-bond donors (Lipinski definition) is 0. The first kappa shape index (κ1) is 36.4. The molecule has 7 aromatic rings. The molecule has 0 aliphatic heterocycles. The van der Waals surface area contributed by atoms with Crippen molar-refractivity contribution in [3.63, 3.8) is 0 Å². The number of pyridine rings is 1. The van der Waals surface area contributed by atoms with E-state index >= 15 is 0 Å². The third kappa shape index (κ3) is 6.71. The number of nitrogens with zero attached hydrogens (tertiary/aromatic N) is 4. The predicted octanol–water partition coefficient (Wildman–Crippen LogP) is 12.6. The van der Waals surface area contributed by atoms with Gasteiger partial charge < -0.3 is 9.30 Å². The number of hydrogen-bond acceptors (Lipinski definition) is 3. The molecule has 0 unspecified atom stereocenters. The second-order valence-electron chi connectivity index (χ2n) is 15.3. The summed E-state index contributed by atoms with van der Waals surface area (Å²) < 4.78 is 25.3. The molecule has 7 heteroatoms. The number of para-hydroxylation sites is 1. The van der Waals surface area contributed by atoms with E-state index in [9.17, 15) is 4.39 Å². The average molecular weight is 807 g/mol. The number of ether oxygens (including phenoxy) is 1. The maximum atomic E-state index is 14.5. The third-order valence-corrected chi connectivity index (χ3v) is 11.6. The first-order chi connectivity index (χ1) is 25.9. The molecule has 2 aliphatic carbocycles. The van der Waals surface area contributed by atoms with Gasteiger partial charge in [-0.2, -0.15) is 16.7 Å². The SMILES string of the molecule is Cc1cc(Oc2[c-]c3c(cc2)c2ccccc2n3-c2cc(F)ccn2)[c-]c(-n2nc(C3CCCCC3)c(-c3c(C)cccc3C)c2C2CCCCC2)c1.[Pd+2]. The molecule has 0 radical (unpaired) electrons. The van der Waals surface area contributed by atoms with Gasteiger partial charge in [0.1, 0.15) is 11.6 Å². The molecule has 3 heterocycles. The number of aryl methyl sites for hydroxylation is 3. The molecule has 0 amide bonds. The van der Waals surface area contributed by atoms with E-state index in [1.807, 2.05) is 34.9 Å². The second kappa shape index (κ2) is 15.3. The smallest absolute Gasteiger partial charge is 0.509 e. The van der Waals surface area contributed by atoms with Crippen LogP contribution in [0.1, 0.15) is 104 Å². The minimum Gasteiger partial charge on any atom is -0.509 e. The van der Waals surface area contributed by atoms with Crippen molar-refractivity contribution in [1.82, 2.24) is 19.3 Å².